The summed E-state index contributed by atoms with van der Waals surface area (Å²) in [4.78, 5) is 13.6. The number of hydrogen-bond donors (Lipinski definition) is 2. The van der Waals surface area contributed by atoms with Crippen molar-refractivity contribution in [2.75, 3.05) is 0 Å². The molecule has 15 heavy (non-hydrogen) atoms. The largest absolute Gasteiger partial charge is 0.432 e. The number of aliphatic imine (C=N–C) groups is 1. The Morgan fingerprint density at radius 3 is 2.33 bits per heavy atom. The number of nitrogens with zero attached hydrogens (tertiary/aromatic N) is 1. The zero-order valence-corrected chi connectivity index (χ0v) is 8.21. The van der Waals surface area contributed by atoms with Crippen LogP contribution in [-0.4, -0.2) is 23.8 Å². The molecule has 2 N–H and O–H groups in total. The molecule has 5 heteroatoms. The van der Waals surface area contributed by atoms with Crippen molar-refractivity contribution in [3.63, 3.8) is 0 Å². The third-order valence-electron chi connectivity index (χ3n) is 1.56. The summed E-state index contributed by atoms with van der Waals surface area (Å²) in [6, 6.07) is 9.23. The highest BCUT2D eigenvalue weighted by molar-refractivity contribution is 6.13. The van der Waals surface area contributed by atoms with Gasteiger partial charge in [-0.25, -0.2) is 4.79 Å². The number of carbonyl (C=O) groups excluding carboxylic acids is 1. The van der Waals surface area contributed by atoms with Gasteiger partial charge in [0, 0.05) is 0 Å². The summed E-state index contributed by atoms with van der Waals surface area (Å²) in [5.74, 6) is 0. The molecule has 0 radical (unpaired) electrons. The monoisotopic (exact) mass is 205 g/mol. The van der Waals surface area contributed by atoms with Crippen molar-refractivity contribution < 1.29 is 14.8 Å². The van der Waals surface area contributed by atoms with Crippen LogP contribution in [0.3, 0.4) is 0 Å². The molecule has 0 aliphatic heterocycles. The van der Waals surface area contributed by atoms with Crippen molar-refractivity contribution in [1.29, 1.82) is 0 Å². The zero-order chi connectivity index (χ0) is 11.5. The molecule has 4 nitrogen and oxygen atoms in total. The van der Waals surface area contributed by atoms with Crippen LogP contribution in [0.4, 0.5) is 0 Å². The highest BCUT2D eigenvalue weighted by atomic mass is 16.4. The smallest absolute Gasteiger partial charge is 0.430 e. The maximum atomic E-state index is 10.0. The maximum absolute atomic E-state index is 10.0. The molecule has 0 amide bonds. The molecular formula is C10H12BNO3. The molecule has 0 heterocycles. The quantitative estimate of drug-likeness (QED) is 0.326. The second-order valence-corrected chi connectivity index (χ2v) is 2.45. The van der Waals surface area contributed by atoms with Gasteiger partial charge in [0.05, 0.1) is 0 Å². The van der Waals surface area contributed by atoms with Crippen LogP contribution in [0, 0.1) is 0 Å². The minimum absolute atomic E-state index is 0.260. The van der Waals surface area contributed by atoms with Crippen LogP contribution >= 0.6 is 0 Å². The van der Waals surface area contributed by atoms with Gasteiger partial charge < -0.3 is 10.0 Å². The van der Waals surface area contributed by atoms with Gasteiger partial charge in [-0.2, -0.15) is 4.99 Å². The van der Waals surface area contributed by atoms with E-state index in [-0.39, 0.29) is 6.04 Å². The number of isocyanates is 1. The van der Waals surface area contributed by atoms with Gasteiger partial charge in [-0.3, -0.25) is 0 Å². The highest BCUT2D eigenvalue weighted by Crippen LogP contribution is 2.16. The fourth-order valence-electron chi connectivity index (χ4n) is 0.970. The lowest BCUT2D eigenvalue weighted by molar-refractivity contribution is 0.448. The SMILES string of the molecule is C=CC(N=C=O)c1ccccc1.OBO. The molecule has 78 valence electrons. The van der Waals surface area contributed by atoms with E-state index < -0.39 is 7.69 Å². The van der Waals surface area contributed by atoms with E-state index >= 15 is 0 Å². The Labute approximate surface area is 88.9 Å². The molecule has 0 bridgehead atoms. The van der Waals surface area contributed by atoms with Gasteiger partial charge in [-0.1, -0.05) is 36.4 Å². The molecule has 0 fully saturated rings. The van der Waals surface area contributed by atoms with Crippen molar-refractivity contribution in [3.05, 3.63) is 48.6 Å². The number of rotatable bonds is 3. The third-order valence-corrected chi connectivity index (χ3v) is 1.56. The maximum Gasteiger partial charge on any atom is 0.432 e. The van der Waals surface area contributed by atoms with Gasteiger partial charge in [0.1, 0.15) is 6.04 Å². The van der Waals surface area contributed by atoms with Crippen LogP contribution < -0.4 is 0 Å². The zero-order valence-electron chi connectivity index (χ0n) is 8.21. The van der Waals surface area contributed by atoms with E-state index in [2.05, 4.69) is 11.6 Å². The van der Waals surface area contributed by atoms with Crippen LogP contribution in [0.25, 0.3) is 0 Å². The minimum Gasteiger partial charge on any atom is -0.430 e. The van der Waals surface area contributed by atoms with Gasteiger partial charge in [0.25, 0.3) is 0 Å². The average Bonchev–Trinajstić information content (AvgIpc) is 2.28. The van der Waals surface area contributed by atoms with E-state index in [0.29, 0.717) is 0 Å². The topological polar surface area (TPSA) is 69.9 Å². The van der Waals surface area contributed by atoms with Gasteiger partial charge >= 0.3 is 7.69 Å². The summed E-state index contributed by atoms with van der Waals surface area (Å²) in [6.07, 6.45) is 3.13. The first-order chi connectivity index (χ1) is 7.29. The molecule has 1 unspecified atom stereocenters. The second kappa shape index (κ2) is 8.90. The molecule has 0 saturated carbocycles. The van der Waals surface area contributed by atoms with Crippen LogP contribution in [0.5, 0.6) is 0 Å². The van der Waals surface area contributed by atoms with E-state index in [9.17, 15) is 4.79 Å². The Morgan fingerprint density at radius 2 is 1.93 bits per heavy atom. The standard InChI is InChI=1S/C10H9NO.BH3O2/c1-2-10(11-8-12)9-6-4-3-5-7-9;2-1-3/h2-7,10H,1H2;1-3H. The predicted octanol–water partition coefficient (Wildman–Crippen LogP) is 0.487. The molecule has 1 atom stereocenters. The van der Waals surface area contributed by atoms with E-state index in [1.165, 1.54) is 6.08 Å². The number of hydrogen-bond acceptors (Lipinski definition) is 4. The third kappa shape index (κ3) is 5.59. The Hall–Kier alpha value is -1.68. The van der Waals surface area contributed by atoms with Crippen molar-refractivity contribution in [2.24, 2.45) is 4.99 Å². The first-order valence-corrected chi connectivity index (χ1v) is 4.26. The Bertz CT molecular complexity index is 323. The summed E-state index contributed by atoms with van der Waals surface area (Å²) in [5.41, 5.74) is 0.954. The summed E-state index contributed by atoms with van der Waals surface area (Å²) in [7, 11) is -0.750. The van der Waals surface area contributed by atoms with Crippen molar-refractivity contribution in [3.8, 4) is 0 Å². The van der Waals surface area contributed by atoms with Gasteiger partial charge in [0.15, 0.2) is 0 Å². The predicted molar refractivity (Wildman–Crippen MR) is 59.1 cm³/mol. The highest BCUT2D eigenvalue weighted by Gasteiger charge is 2.02. The average molecular weight is 205 g/mol. The summed E-state index contributed by atoms with van der Waals surface area (Å²) in [5, 5.41) is 14.2. The molecular weight excluding hydrogens is 193 g/mol. The molecule has 0 aromatic heterocycles. The Balaban J connectivity index is 0.000000583. The lowest BCUT2D eigenvalue weighted by Gasteiger charge is -2.03. The molecule has 0 aliphatic carbocycles. The molecule has 0 aliphatic rings. The molecule has 1 aromatic rings. The van der Waals surface area contributed by atoms with Crippen LogP contribution in [-0.2, 0) is 4.79 Å². The lowest BCUT2D eigenvalue weighted by Crippen LogP contribution is -1.88. The van der Waals surface area contributed by atoms with E-state index in [4.69, 9.17) is 10.0 Å². The normalized spacial score (nSPS) is 10.0. The summed E-state index contributed by atoms with van der Waals surface area (Å²) in [6.45, 7) is 3.58. The van der Waals surface area contributed by atoms with Gasteiger partial charge in [0.2, 0.25) is 6.08 Å². The molecule has 0 saturated heterocycles. The molecule has 0 spiro atoms. The van der Waals surface area contributed by atoms with E-state index in [0.717, 1.165) is 5.56 Å². The summed E-state index contributed by atoms with van der Waals surface area (Å²) < 4.78 is 0. The van der Waals surface area contributed by atoms with Crippen LogP contribution in [0.1, 0.15) is 11.6 Å². The Morgan fingerprint density at radius 1 is 1.40 bits per heavy atom. The Kier molecular flexibility index (Phi) is 7.91. The van der Waals surface area contributed by atoms with Crippen molar-refractivity contribution in [2.45, 2.75) is 6.04 Å². The fourth-order valence-corrected chi connectivity index (χ4v) is 0.970. The van der Waals surface area contributed by atoms with Gasteiger partial charge in [-0.05, 0) is 5.56 Å². The first kappa shape index (κ1) is 13.3. The fraction of sp³-hybridized carbons (Fsp3) is 0.100. The number of benzene rings is 1. The molecule has 1 rings (SSSR count). The van der Waals surface area contributed by atoms with E-state index in [1.54, 1.807) is 6.08 Å². The van der Waals surface area contributed by atoms with Crippen LogP contribution in [0.2, 0.25) is 0 Å². The van der Waals surface area contributed by atoms with Crippen molar-refractivity contribution in [1.82, 2.24) is 0 Å². The minimum atomic E-state index is -0.750. The van der Waals surface area contributed by atoms with Gasteiger partial charge in [-0.15, -0.1) is 6.58 Å². The van der Waals surface area contributed by atoms with E-state index in [1.807, 2.05) is 30.3 Å². The van der Waals surface area contributed by atoms with Crippen molar-refractivity contribution >= 4 is 13.8 Å². The molecule has 1 aromatic carbocycles. The lowest BCUT2D eigenvalue weighted by atomic mass is 10.1. The van der Waals surface area contributed by atoms with Crippen LogP contribution in [0.15, 0.2) is 48.0 Å². The summed E-state index contributed by atoms with van der Waals surface area (Å²) >= 11 is 0. The second-order valence-electron chi connectivity index (χ2n) is 2.45. The first-order valence-electron chi connectivity index (χ1n) is 4.26.